The molecular weight excluding hydrogens is 260 g/mol. The lowest BCUT2D eigenvalue weighted by atomic mass is 10.1. The zero-order valence-corrected chi connectivity index (χ0v) is 13.3. The minimum absolute atomic E-state index is 0.238. The average Bonchev–Trinajstić information content (AvgIpc) is 2.48. The zero-order valence-electron chi connectivity index (χ0n) is 13.3. The Balaban J connectivity index is 2.12. The van der Waals surface area contributed by atoms with Gasteiger partial charge in [-0.25, -0.2) is 0 Å². The normalized spacial score (nSPS) is 11.8. The van der Waals surface area contributed by atoms with Crippen LogP contribution in [0, 0.1) is 0 Å². The third-order valence-corrected chi connectivity index (χ3v) is 3.45. The predicted octanol–water partition coefficient (Wildman–Crippen LogP) is 4.32. The van der Waals surface area contributed by atoms with Gasteiger partial charge in [-0.15, -0.1) is 0 Å². The van der Waals surface area contributed by atoms with E-state index in [2.05, 4.69) is 67.6 Å². The topological polar surface area (TPSA) is 24.5 Å². The highest BCUT2D eigenvalue weighted by Crippen LogP contribution is 2.28. The smallest absolute Gasteiger partial charge is 0.119 e. The van der Waals surface area contributed by atoms with Crippen LogP contribution in [-0.2, 0) is 0 Å². The summed E-state index contributed by atoms with van der Waals surface area (Å²) < 4.78 is 5.48. The molecule has 112 valence electrons. The van der Waals surface area contributed by atoms with Crippen LogP contribution in [0.15, 0.2) is 48.5 Å². The van der Waals surface area contributed by atoms with Gasteiger partial charge in [-0.1, -0.05) is 24.3 Å². The largest absolute Gasteiger partial charge is 0.494 e. The van der Waals surface area contributed by atoms with Crippen molar-refractivity contribution in [2.24, 2.45) is 0 Å². The third kappa shape index (κ3) is 3.91. The number of benzene rings is 2. The second kappa shape index (κ2) is 7.02. The summed E-state index contributed by atoms with van der Waals surface area (Å²) in [5.74, 6) is 0.919. The van der Waals surface area contributed by atoms with Gasteiger partial charge in [-0.05, 0) is 43.7 Å². The van der Waals surface area contributed by atoms with E-state index in [1.807, 2.05) is 19.1 Å². The number of nitrogens with zero attached hydrogens (tertiary/aromatic N) is 1. The SMILES string of the molecule is CCOc1ccc(C(C)Nc2ccccc2N(C)C)cc1. The fourth-order valence-electron chi connectivity index (χ4n) is 2.32. The molecule has 0 aromatic heterocycles. The van der Waals surface area contributed by atoms with E-state index in [9.17, 15) is 0 Å². The van der Waals surface area contributed by atoms with Crippen LogP contribution in [0.4, 0.5) is 11.4 Å². The van der Waals surface area contributed by atoms with Crippen LogP contribution >= 0.6 is 0 Å². The van der Waals surface area contributed by atoms with Crippen LogP contribution in [0.2, 0.25) is 0 Å². The van der Waals surface area contributed by atoms with E-state index in [1.165, 1.54) is 11.3 Å². The second-order valence-corrected chi connectivity index (χ2v) is 5.28. The lowest BCUT2D eigenvalue weighted by molar-refractivity contribution is 0.340. The van der Waals surface area contributed by atoms with Crippen LogP contribution in [-0.4, -0.2) is 20.7 Å². The summed E-state index contributed by atoms with van der Waals surface area (Å²) in [5, 5.41) is 3.58. The van der Waals surface area contributed by atoms with Gasteiger partial charge in [0.05, 0.1) is 18.0 Å². The van der Waals surface area contributed by atoms with Crippen molar-refractivity contribution in [1.29, 1.82) is 0 Å². The van der Waals surface area contributed by atoms with Gasteiger partial charge in [0.25, 0.3) is 0 Å². The third-order valence-electron chi connectivity index (χ3n) is 3.45. The number of anilines is 2. The summed E-state index contributed by atoms with van der Waals surface area (Å²) in [7, 11) is 4.12. The molecule has 0 saturated heterocycles. The van der Waals surface area contributed by atoms with Gasteiger partial charge in [-0.3, -0.25) is 0 Å². The summed E-state index contributed by atoms with van der Waals surface area (Å²) in [6, 6.07) is 16.9. The first-order valence-electron chi connectivity index (χ1n) is 7.37. The molecule has 3 heteroatoms. The van der Waals surface area contributed by atoms with Crippen molar-refractivity contribution in [3.8, 4) is 5.75 Å². The Kier molecular flexibility index (Phi) is 5.09. The van der Waals surface area contributed by atoms with Crippen LogP contribution in [0.3, 0.4) is 0 Å². The molecule has 3 nitrogen and oxygen atoms in total. The van der Waals surface area contributed by atoms with Crippen molar-refractivity contribution < 1.29 is 4.74 Å². The fraction of sp³-hybridized carbons (Fsp3) is 0.333. The van der Waals surface area contributed by atoms with Gasteiger partial charge in [-0.2, -0.15) is 0 Å². The minimum atomic E-state index is 0.238. The lowest BCUT2D eigenvalue weighted by Gasteiger charge is -2.22. The average molecular weight is 284 g/mol. The highest BCUT2D eigenvalue weighted by atomic mass is 16.5. The van der Waals surface area contributed by atoms with Crippen molar-refractivity contribution in [3.05, 3.63) is 54.1 Å². The first-order valence-corrected chi connectivity index (χ1v) is 7.37. The van der Waals surface area contributed by atoms with Crippen molar-refractivity contribution in [2.75, 3.05) is 30.9 Å². The van der Waals surface area contributed by atoms with Crippen LogP contribution in [0.1, 0.15) is 25.5 Å². The van der Waals surface area contributed by atoms with Crippen molar-refractivity contribution in [1.82, 2.24) is 0 Å². The van der Waals surface area contributed by atoms with E-state index < -0.39 is 0 Å². The van der Waals surface area contributed by atoms with Gasteiger partial charge in [0.2, 0.25) is 0 Å². The molecule has 0 saturated carbocycles. The number of hydrogen-bond acceptors (Lipinski definition) is 3. The van der Waals surface area contributed by atoms with E-state index in [-0.39, 0.29) is 6.04 Å². The van der Waals surface area contributed by atoms with Gasteiger partial charge < -0.3 is 15.0 Å². The Morgan fingerprint density at radius 3 is 2.33 bits per heavy atom. The van der Waals surface area contributed by atoms with E-state index in [4.69, 9.17) is 4.74 Å². The Bertz CT molecular complexity index is 564. The van der Waals surface area contributed by atoms with Crippen molar-refractivity contribution in [3.63, 3.8) is 0 Å². The molecule has 0 radical (unpaired) electrons. The quantitative estimate of drug-likeness (QED) is 0.854. The Morgan fingerprint density at radius 1 is 1.05 bits per heavy atom. The highest BCUT2D eigenvalue weighted by Gasteiger charge is 2.09. The predicted molar refractivity (Wildman–Crippen MR) is 90.4 cm³/mol. The molecule has 1 N–H and O–H groups in total. The molecule has 0 amide bonds. The molecule has 0 heterocycles. The fourth-order valence-corrected chi connectivity index (χ4v) is 2.32. The molecule has 0 spiro atoms. The number of nitrogens with one attached hydrogen (secondary N) is 1. The summed E-state index contributed by atoms with van der Waals surface area (Å²) in [5.41, 5.74) is 3.58. The van der Waals surface area contributed by atoms with E-state index in [0.717, 1.165) is 11.4 Å². The van der Waals surface area contributed by atoms with E-state index in [0.29, 0.717) is 6.61 Å². The van der Waals surface area contributed by atoms with E-state index in [1.54, 1.807) is 0 Å². The van der Waals surface area contributed by atoms with Crippen LogP contribution in [0.25, 0.3) is 0 Å². The first kappa shape index (κ1) is 15.2. The van der Waals surface area contributed by atoms with Crippen molar-refractivity contribution in [2.45, 2.75) is 19.9 Å². The molecule has 1 unspecified atom stereocenters. The minimum Gasteiger partial charge on any atom is -0.494 e. The molecule has 2 rings (SSSR count). The van der Waals surface area contributed by atoms with Gasteiger partial charge >= 0.3 is 0 Å². The number of hydrogen-bond donors (Lipinski definition) is 1. The maximum atomic E-state index is 5.48. The summed E-state index contributed by atoms with van der Waals surface area (Å²) >= 11 is 0. The molecule has 21 heavy (non-hydrogen) atoms. The number of ether oxygens (including phenoxy) is 1. The molecule has 0 fully saturated rings. The van der Waals surface area contributed by atoms with Crippen LogP contribution < -0.4 is 15.0 Å². The summed E-state index contributed by atoms with van der Waals surface area (Å²) in [6.45, 7) is 4.86. The van der Waals surface area contributed by atoms with Gasteiger partial charge in [0, 0.05) is 20.1 Å². The number of para-hydroxylation sites is 2. The zero-order chi connectivity index (χ0) is 15.2. The molecule has 0 aliphatic rings. The Hall–Kier alpha value is -2.16. The van der Waals surface area contributed by atoms with Gasteiger partial charge in [0.15, 0.2) is 0 Å². The maximum absolute atomic E-state index is 5.48. The lowest BCUT2D eigenvalue weighted by Crippen LogP contribution is -2.14. The summed E-state index contributed by atoms with van der Waals surface area (Å²) in [6.07, 6.45) is 0. The van der Waals surface area contributed by atoms with Crippen molar-refractivity contribution >= 4 is 11.4 Å². The maximum Gasteiger partial charge on any atom is 0.119 e. The monoisotopic (exact) mass is 284 g/mol. The molecule has 2 aromatic rings. The van der Waals surface area contributed by atoms with Gasteiger partial charge in [0.1, 0.15) is 5.75 Å². The second-order valence-electron chi connectivity index (χ2n) is 5.28. The molecule has 0 bridgehead atoms. The molecule has 0 aliphatic carbocycles. The highest BCUT2D eigenvalue weighted by molar-refractivity contribution is 5.69. The number of rotatable bonds is 6. The van der Waals surface area contributed by atoms with Crippen LogP contribution in [0.5, 0.6) is 5.75 Å². The Morgan fingerprint density at radius 2 is 1.71 bits per heavy atom. The molecule has 1 atom stereocenters. The molecule has 0 aliphatic heterocycles. The summed E-state index contributed by atoms with van der Waals surface area (Å²) in [4.78, 5) is 2.12. The molecule has 2 aromatic carbocycles. The standard InChI is InChI=1S/C18H24N2O/c1-5-21-16-12-10-15(11-13-16)14(2)19-17-8-6-7-9-18(17)20(3)4/h6-14,19H,5H2,1-4H3. The van der Waals surface area contributed by atoms with E-state index >= 15 is 0 Å². The molecular formula is C18H24N2O. The Labute approximate surface area is 127 Å². The first-order chi connectivity index (χ1) is 10.1.